The largest absolute Gasteiger partial charge is 0.394 e. The van der Waals surface area contributed by atoms with Crippen LogP contribution in [-0.2, 0) is 4.79 Å². The Morgan fingerprint density at radius 2 is 1.84 bits per heavy atom. The molecule has 5 heteroatoms. The second-order valence-corrected chi connectivity index (χ2v) is 9.99. The Kier molecular flexibility index (Phi) is 7.51. The van der Waals surface area contributed by atoms with E-state index in [1.54, 1.807) is 0 Å². The van der Waals surface area contributed by atoms with Crippen molar-refractivity contribution in [2.75, 3.05) is 6.61 Å². The summed E-state index contributed by atoms with van der Waals surface area (Å²) in [5, 5.41) is 11.6. The fourth-order valence-electron chi connectivity index (χ4n) is 4.87. The number of rotatable bonds is 7. The van der Waals surface area contributed by atoms with Crippen molar-refractivity contribution in [2.24, 2.45) is 11.3 Å². The van der Waals surface area contributed by atoms with Crippen molar-refractivity contribution in [2.45, 2.75) is 51.6 Å². The maximum Gasteiger partial charge on any atom is 0.229 e. The minimum atomic E-state index is -0.611. The third-order valence-electron chi connectivity index (χ3n) is 6.50. The van der Waals surface area contributed by atoms with E-state index in [-0.39, 0.29) is 36.4 Å². The van der Waals surface area contributed by atoms with E-state index in [0.717, 1.165) is 11.1 Å². The highest BCUT2D eigenvalue weighted by molar-refractivity contribution is 6.30. The SMILES string of the molecule is C=CC[C@@]1(C)C[C@H](c2cccc(Cl)c2)C(c2ccc(Cl)cc2)N(C(CO)C(C)C)C1=O. The molecule has 0 radical (unpaired) electrons. The minimum Gasteiger partial charge on any atom is -0.394 e. The van der Waals surface area contributed by atoms with E-state index in [2.05, 4.69) is 12.6 Å². The lowest BCUT2D eigenvalue weighted by atomic mass is 9.66. The first-order valence-corrected chi connectivity index (χ1v) is 11.5. The molecule has 0 spiro atoms. The molecule has 2 unspecified atom stereocenters. The van der Waals surface area contributed by atoms with Crippen molar-refractivity contribution in [3.8, 4) is 0 Å². The Hall–Kier alpha value is -1.81. The number of hydrogen-bond acceptors (Lipinski definition) is 2. The molecule has 0 bridgehead atoms. The maximum atomic E-state index is 14.0. The van der Waals surface area contributed by atoms with Gasteiger partial charge >= 0.3 is 0 Å². The summed E-state index contributed by atoms with van der Waals surface area (Å²) in [6.45, 7) is 9.90. The van der Waals surface area contributed by atoms with Gasteiger partial charge in [0.15, 0.2) is 0 Å². The van der Waals surface area contributed by atoms with E-state index in [9.17, 15) is 9.90 Å². The van der Waals surface area contributed by atoms with Crippen molar-refractivity contribution < 1.29 is 9.90 Å². The van der Waals surface area contributed by atoms with E-state index >= 15 is 0 Å². The van der Waals surface area contributed by atoms with Gasteiger partial charge in [-0.1, -0.05) is 74.3 Å². The highest BCUT2D eigenvalue weighted by Gasteiger charge is 2.51. The maximum absolute atomic E-state index is 14.0. The molecule has 1 aliphatic rings. The molecule has 1 heterocycles. The number of aliphatic hydroxyl groups excluding tert-OH is 1. The molecule has 1 N–H and O–H groups in total. The van der Waals surface area contributed by atoms with Gasteiger partial charge in [0.2, 0.25) is 5.91 Å². The lowest BCUT2D eigenvalue weighted by Crippen LogP contribution is -2.57. The van der Waals surface area contributed by atoms with Crippen LogP contribution < -0.4 is 0 Å². The van der Waals surface area contributed by atoms with Crippen LogP contribution in [0.25, 0.3) is 0 Å². The Balaban J connectivity index is 2.24. The number of allylic oxidation sites excluding steroid dienone is 1. The summed E-state index contributed by atoms with van der Waals surface area (Å²) in [5.41, 5.74) is 1.48. The van der Waals surface area contributed by atoms with Gasteiger partial charge in [0, 0.05) is 16.0 Å². The van der Waals surface area contributed by atoms with Crippen LogP contribution >= 0.6 is 23.2 Å². The van der Waals surface area contributed by atoms with Crippen LogP contribution in [0.1, 0.15) is 56.7 Å². The average molecular weight is 460 g/mol. The molecule has 4 atom stereocenters. The zero-order chi connectivity index (χ0) is 22.8. The predicted octanol–water partition coefficient (Wildman–Crippen LogP) is 6.65. The molecule has 1 saturated heterocycles. The average Bonchev–Trinajstić information content (AvgIpc) is 2.72. The number of hydrogen-bond donors (Lipinski definition) is 1. The van der Waals surface area contributed by atoms with Gasteiger partial charge in [0.05, 0.1) is 24.1 Å². The Labute approximate surface area is 195 Å². The van der Waals surface area contributed by atoms with Gasteiger partial charge < -0.3 is 10.0 Å². The number of aliphatic hydroxyl groups is 1. The lowest BCUT2D eigenvalue weighted by molar-refractivity contribution is -0.157. The van der Waals surface area contributed by atoms with E-state index in [1.807, 2.05) is 74.2 Å². The number of carbonyl (C=O) groups excluding carboxylic acids is 1. The third-order valence-corrected chi connectivity index (χ3v) is 6.99. The Morgan fingerprint density at radius 3 is 2.39 bits per heavy atom. The monoisotopic (exact) mass is 459 g/mol. The molecule has 1 fully saturated rings. The van der Waals surface area contributed by atoms with Crippen LogP contribution in [0.5, 0.6) is 0 Å². The van der Waals surface area contributed by atoms with Gasteiger partial charge in [-0.05, 0) is 54.2 Å². The van der Waals surface area contributed by atoms with Crippen molar-refractivity contribution >= 4 is 29.1 Å². The molecule has 1 aliphatic heterocycles. The number of likely N-dealkylation sites (tertiary alicyclic amines) is 1. The zero-order valence-electron chi connectivity index (χ0n) is 18.4. The first kappa shape index (κ1) is 23.8. The number of amides is 1. The van der Waals surface area contributed by atoms with Crippen LogP contribution in [-0.4, -0.2) is 28.6 Å². The van der Waals surface area contributed by atoms with E-state index in [0.29, 0.717) is 22.9 Å². The molecule has 166 valence electrons. The molecule has 1 amide bonds. The zero-order valence-corrected chi connectivity index (χ0v) is 19.9. The van der Waals surface area contributed by atoms with Gasteiger partial charge in [-0.3, -0.25) is 4.79 Å². The van der Waals surface area contributed by atoms with Crippen LogP contribution in [0.2, 0.25) is 10.0 Å². The third kappa shape index (κ3) is 4.84. The Bertz CT molecular complexity index is 927. The van der Waals surface area contributed by atoms with Crippen molar-refractivity contribution in [3.05, 3.63) is 82.4 Å². The molecule has 31 heavy (non-hydrogen) atoms. The van der Waals surface area contributed by atoms with Crippen LogP contribution in [0.3, 0.4) is 0 Å². The molecular weight excluding hydrogens is 429 g/mol. The molecule has 2 aromatic rings. The predicted molar refractivity (Wildman–Crippen MR) is 128 cm³/mol. The molecular formula is C26H31Cl2NO2. The standard InChI is InChI=1S/C26H31Cl2NO2/c1-5-13-26(4)15-22(19-7-6-8-21(28)14-19)24(18-9-11-20(27)12-10-18)29(25(26)31)23(16-30)17(2)3/h5-12,14,17,22-24,30H,1,13,15-16H2,2-4H3/t22-,23?,24?,26+/m1/s1. The van der Waals surface area contributed by atoms with Gasteiger partial charge in [0.25, 0.3) is 0 Å². The molecule has 0 aromatic heterocycles. The first-order chi connectivity index (χ1) is 14.7. The number of nitrogens with zero attached hydrogens (tertiary/aromatic N) is 1. The first-order valence-electron chi connectivity index (χ1n) is 10.8. The second-order valence-electron chi connectivity index (χ2n) is 9.12. The van der Waals surface area contributed by atoms with Gasteiger partial charge in [0.1, 0.15) is 0 Å². The quantitative estimate of drug-likeness (QED) is 0.470. The molecule has 0 saturated carbocycles. The van der Waals surface area contributed by atoms with Crippen LogP contribution in [0.15, 0.2) is 61.2 Å². The van der Waals surface area contributed by atoms with Crippen molar-refractivity contribution in [1.82, 2.24) is 4.90 Å². The van der Waals surface area contributed by atoms with Gasteiger partial charge in [-0.2, -0.15) is 0 Å². The summed E-state index contributed by atoms with van der Waals surface area (Å²) in [4.78, 5) is 15.9. The molecule has 3 rings (SSSR count). The summed E-state index contributed by atoms with van der Waals surface area (Å²) in [5.74, 6) is 0.156. The van der Waals surface area contributed by atoms with Crippen LogP contribution in [0.4, 0.5) is 0 Å². The Morgan fingerprint density at radius 1 is 1.16 bits per heavy atom. The highest BCUT2D eigenvalue weighted by Crippen LogP contribution is 2.52. The topological polar surface area (TPSA) is 40.5 Å². The van der Waals surface area contributed by atoms with Crippen molar-refractivity contribution in [1.29, 1.82) is 0 Å². The number of benzene rings is 2. The fraction of sp³-hybridized carbons (Fsp3) is 0.423. The van der Waals surface area contributed by atoms with E-state index < -0.39 is 5.41 Å². The number of carbonyl (C=O) groups is 1. The van der Waals surface area contributed by atoms with Crippen molar-refractivity contribution in [3.63, 3.8) is 0 Å². The van der Waals surface area contributed by atoms with Gasteiger partial charge in [-0.25, -0.2) is 0 Å². The summed E-state index contributed by atoms with van der Waals surface area (Å²) < 4.78 is 0. The van der Waals surface area contributed by atoms with Crippen LogP contribution in [0, 0.1) is 11.3 Å². The van der Waals surface area contributed by atoms with E-state index in [4.69, 9.17) is 23.2 Å². The number of piperidine rings is 1. The minimum absolute atomic E-state index is 0.00956. The molecule has 2 aromatic carbocycles. The smallest absolute Gasteiger partial charge is 0.229 e. The highest BCUT2D eigenvalue weighted by atomic mass is 35.5. The molecule has 0 aliphatic carbocycles. The summed E-state index contributed by atoms with van der Waals surface area (Å²) >= 11 is 12.5. The summed E-state index contributed by atoms with van der Waals surface area (Å²) in [6, 6.07) is 15.0. The lowest BCUT2D eigenvalue weighted by Gasteiger charge is -2.52. The van der Waals surface area contributed by atoms with Gasteiger partial charge in [-0.15, -0.1) is 6.58 Å². The second kappa shape index (κ2) is 9.77. The van der Waals surface area contributed by atoms with E-state index in [1.165, 1.54) is 0 Å². The fourth-order valence-corrected chi connectivity index (χ4v) is 5.20. The summed E-state index contributed by atoms with van der Waals surface area (Å²) in [7, 11) is 0. The molecule has 3 nitrogen and oxygen atoms in total. The normalized spacial score (nSPS) is 25.0. The number of halogens is 2. The summed E-state index contributed by atoms with van der Waals surface area (Å²) in [6.07, 6.45) is 3.05.